The molecule has 3 atom stereocenters. The summed E-state index contributed by atoms with van der Waals surface area (Å²) >= 11 is 6.06. The lowest BCUT2D eigenvalue weighted by atomic mass is 9.69. The zero-order valence-electron chi connectivity index (χ0n) is 17.7. The molecule has 30 heavy (non-hydrogen) atoms. The van der Waals surface area contributed by atoms with Gasteiger partial charge in [-0.2, -0.15) is 0 Å². The first kappa shape index (κ1) is 22.1. The van der Waals surface area contributed by atoms with Crippen molar-refractivity contribution in [3.05, 3.63) is 57.4 Å². The summed E-state index contributed by atoms with van der Waals surface area (Å²) in [6, 6.07) is 7.01. The third-order valence-corrected chi connectivity index (χ3v) is 5.76. The maximum absolute atomic E-state index is 13.5. The Morgan fingerprint density at radius 1 is 1.20 bits per heavy atom. The van der Waals surface area contributed by atoms with E-state index in [1.165, 1.54) is 7.11 Å². The van der Waals surface area contributed by atoms with E-state index in [9.17, 15) is 14.4 Å². The number of carbonyl (C=O) groups excluding carboxylic acids is 3. The molecular formula is C23H26ClNO5. The number of halogens is 1. The van der Waals surface area contributed by atoms with Gasteiger partial charge in [-0.25, -0.2) is 4.79 Å². The van der Waals surface area contributed by atoms with E-state index in [1.54, 1.807) is 45.0 Å². The first-order valence-electron chi connectivity index (χ1n) is 9.95. The summed E-state index contributed by atoms with van der Waals surface area (Å²) in [4.78, 5) is 38.9. The number of hydrogen-bond acceptors (Lipinski definition) is 6. The first-order chi connectivity index (χ1) is 14.1. The molecular weight excluding hydrogens is 406 g/mol. The number of ketones is 1. The summed E-state index contributed by atoms with van der Waals surface area (Å²) in [5.41, 5.74) is 2.86. The van der Waals surface area contributed by atoms with Crippen LogP contribution in [0, 0.1) is 11.8 Å². The van der Waals surface area contributed by atoms with Crippen molar-refractivity contribution in [2.45, 2.75) is 46.1 Å². The standard InChI is InChI=1S/C23H26ClNO5/c1-11(2)30-23(28)18-13(4)25-16-10-12(3)17(22(27)29-5)21(26)20(16)19(18)14-6-8-15(24)9-7-14/h6-9,11-12,17,19,25H,10H2,1-5H3/t12-,17-,19-/m0/s1. The van der Waals surface area contributed by atoms with Crippen LogP contribution in [0.25, 0.3) is 0 Å². The molecule has 160 valence electrons. The molecule has 0 fully saturated rings. The molecule has 2 aliphatic rings. The quantitative estimate of drug-likeness (QED) is 0.575. The molecule has 6 nitrogen and oxygen atoms in total. The Morgan fingerprint density at radius 3 is 2.40 bits per heavy atom. The zero-order chi connectivity index (χ0) is 22.2. The molecule has 0 radical (unpaired) electrons. The lowest BCUT2D eigenvalue weighted by molar-refractivity contribution is -0.151. The highest BCUT2D eigenvalue weighted by atomic mass is 35.5. The number of carbonyl (C=O) groups is 3. The minimum Gasteiger partial charge on any atom is -0.468 e. The van der Waals surface area contributed by atoms with Crippen LogP contribution in [0.1, 0.15) is 45.6 Å². The van der Waals surface area contributed by atoms with Crippen LogP contribution in [-0.2, 0) is 23.9 Å². The molecule has 1 aliphatic carbocycles. The SMILES string of the molecule is COC(=O)[C@@H]1C(=O)C2=C(C[C@@H]1C)NC(C)=C(C(=O)OC(C)C)[C@@H]2c1ccc(Cl)cc1. The van der Waals surface area contributed by atoms with Gasteiger partial charge in [0.1, 0.15) is 5.92 Å². The van der Waals surface area contributed by atoms with E-state index in [0.717, 1.165) is 11.3 Å². The fraction of sp³-hybridized carbons (Fsp3) is 0.435. The fourth-order valence-corrected chi connectivity index (χ4v) is 4.34. The van der Waals surface area contributed by atoms with Crippen LogP contribution >= 0.6 is 11.6 Å². The van der Waals surface area contributed by atoms with Crippen LogP contribution in [0.15, 0.2) is 46.8 Å². The van der Waals surface area contributed by atoms with Crippen molar-refractivity contribution in [1.82, 2.24) is 5.32 Å². The van der Waals surface area contributed by atoms with Gasteiger partial charge >= 0.3 is 11.9 Å². The van der Waals surface area contributed by atoms with Gasteiger partial charge in [-0.05, 0) is 50.8 Å². The van der Waals surface area contributed by atoms with Crippen LogP contribution < -0.4 is 5.32 Å². The summed E-state index contributed by atoms with van der Waals surface area (Å²) in [7, 11) is 1.28. The van der Waals surface area contributed by atoms with Crippen LogP contribution in [0.3, 0.4) is 0 Å². The molecule has 1 aromatic carbocycles. The van der Waals surface area contributed by atoms with E-state index in [1.807, 2.05) is 6.92 Å². The molecule has 1 aromatic rings. The molecule has 0 saturated carbocycles. The smallest absolute Gasteiger partial charge is 0.337 e. The van der Waals surface area contributed by atoms with Crippen LogP contribution in [-0.4, -0.2) is 30.9 Å². The Kier molecular flexibility index (Phi) is 6.36. The number of allylic oxidation sites excluding steroid dienone is 3. The van der Waals surface area contributed by atoms with Gasteiger partial charge in [-0.15, -0.1) is 0 Å². The Labute approximate surface area is 181 Å². The Balaban J connectivity index is 2.17. The molecule has 1 aliphatic heterocycles. The van der Waals surface area contributed by atoms with Gasteiger partial charge in [0.25, 0.3) is 0 Å². The van der Waals surface area contributed by atoms with Crippen molar-refractivity contribution in [1.29, 1.82) is 0 Å². The van der Waals surface area contributed by atoms with E-state index in [0.29, 0.717) is 28.3 Å². The fourth-order valence-electron chi connectivity index (χ4n) is 4.22. The van der Waals surface area contributed by atoms with Crippen molar-refractivity contribution < 1.29 is 23.9 Å². The van der Waals surface area contributed by atoms with Crippen LogP contribution in [0.2, 0.25) is 5.02 Å². The first-order valence-corrected chi connectivity index (χ1v) is 10.3. The number of ether oxygens (including phenoxy) is 2. The average Bonchev–Trinajstić information content (AvgIpc) is 2.66. The highest BCUT2D eigenvalue weighted by Crippen LogP contribution is 2.45. The molecule has 0 aromatic heterocycles. The number of Topliss-reactive ketones (excluding diaryl/α,β-unsaturated/α-hetero) is 1. The average molecular weight is 432 g/mol. The summed E-state index contributed by atoms with van der Waals surface area (Å²) < 4.78 is 10.4. The van der Waals surface area contributed by atoms with Crippen molar-refractivity contribution in [2.75, 3.05) is 7.11 Å². The van der Waals surface area contributed by atoms with Crippen LogP contribution in [0.4, 0.5) is 0 Å². The van der Waals surface area contributed by atoms with E-state index in [-0.39, 0.29) is 17.8 Å². The number of methoxy groups -OCH3 is 1. The van der Waals surface area contributed by atoms with Crippen molar-refractivity contribution in [3.8, 4) is 0 Å². The number of rotatable bonds is 4. The number of dihydropyridines is 1. The van der Waals surface area contributed by atoms with Crippen molar-refractivity contribution in [3.63, 3.8) is 0 Å². The molecule has 1 heterocycles. The number of benzene rings is 1. The number of nitrogens with one attached hydrogen (secondary N) is 1. The number of esters is 2. The van der Waals surface area contributed by atoms with Gasteiger partial charge in [-0.3, -0.25) is 9.59 Å². The maximum atomic E-state index is 13.5. The summed E-state index contributed by atoms with van der Waals surface area (Å²) in [5, 5.41) is 3.78. The number of hydrogen-bond donors (Lipinski definition) is 1. The Hall–Kier alpha value is -2.60. The second-order valence-electron chi connectivity index (χ2n) is 8.04. The van der Waals surface area contributed by atoms with E-state index in [2.05, 4.69) is 5.32 Å². The Bertz CT molecular complexity index is 945. The topological polar surface area (TPSA) is 81.7 Å². The predicted octanol–water partition coefficient (Wildman–Crippen LogP) is 3.90. The maximum Gasteiger partial charge on any atom is 0.337 e. The van der Waals surface area contributed by atoms with Crippen LogP contribution in [0.5, 0.6) is 0 Å². The molecule has 0 unspecified atom stereocenters. The molecule has 0 saturated heterocycles. The van der Waals surface area contributed by atoms with E-state index < -0.39 is 23.8 Å². The second kappa shape index (κ2) is 8.64. The molecule has 0 bridgehead atoms. The van der Waals surface area contributed by atoms with E-state index >= 15 is 0 Å². The summed E-state index contributed by atoms with van der Waals surface area (Å²) in [6.45, 7) is 7.19. The van der Waals surface area contributed by atoms with E-state index in [4.69, 9.17) is 21.1 Å². The molecule has 0 spiro atoms. The summed E-state index contributed by atoms with van der Waals surface area (Å²) in [6.07, 6.45) is 0.179. The van der Waals surface area contributed by atoms with Gasteiger partial charge in [0.05, 0.1) is 18.8 Å². The minimum absolute atomic E-state index is 0.223. The van der Waals surface area contributed by atoms with Gasteiger partial charge in [-0.1, -0.05) is 30.7 Å². The third-order valence-electron chi connectivity index (χ3n) is 5.51. The van der Waals surface area contributed by atoms with Gasteiger partial charge in [0, 0.05) is 27.9 Å². The van der Waals surface area contributed by atoms with Crippen molar-refractivity contribution >= 4 is 29.3 Å². The van der Waals surface area contributed by atoms with Gasteiger partial charge in [0.15, 0.2) is 5.78 Å². The third kappa shape index (κ3) is 4.01. The monoisotopic (exact) mass is 431 g/mol. The molecule has 3 rings (SSSR count). The highest BCUT2D eigenvalue weighted by molar-refractivity contribution is 6.30. The second-order valence-corrected chi connectivity index (χ2v) is 8.48. The molecule has 7 heteroatoms. The normalized spacial score (nSPS) is 23.8. The highest BCUT2D eigenvalue weighted by Gasteiger charge is 2.47. The summed E-state index contributed by atoms with van der Waals surface area (Å²) in [5.74, 6) is -3.18. The largest absolute Gasteiger partial charge is 0.468 e. The molecule has 1 N–H and O–H groups in total. The van der Waals surface area contributed by atoms with Gasteiger partial charge in [0.2, 0.25) is 0 Å². The lowest BCUT2D eigenvalue weighted by Gasteiger charge is -2.38. The predicted molar refractivity (Wildman–Crippen MR) is 113 cm³/mol. The van der Waals surface area contributed by atoms with Crippen molar-refractivity contribution in [2.24, 2.45) is 11.8 Å². The lowest BCUT2D eigenvalue weighted by Crippen LogP contribution is -2.43. The van der Waals surface area contributed by atoms with Gasteiger partial charge < -0.3 is 14.8 Å². The molecule has 0 amide bonds. The Morgan fingerprint density at radius 2 is 1.83 bits per heavy atom. The zero-order valence-corrected chi connectivity index (χ0v) is 18.5. The minimum atomic E-state index is -0.911.